The van der Waals surface area contributed by atoms with Gasteiger partial charge in [-0.25, -0.2) is 0 Å². The molecule has 2 aliphatic rings. The van der Waals surface area contributed by atoms with Gasteiger partial charge in [-0.3, -0.25) is 0 Å². The first-order chi connectivity index (χ1) is 9.86. The molecule has 2 heteroatoms. The van der Waals surface area contributed by atoms with Crippen LogP contribution in [0.25, 0.3) is 5.57 Å². The van der Waals surface area contributed by atoms with Crippen molar-refractivity contribution in [2.24, 2.45) is 0 Å². The van der Waals surface area contributed by atoms with Crippen LogP contribution < -0.4 is 5.32 Å². The van der Waals surface area contributed by atoms with E-state index >= 15 is 0 Å². The van der Waals surface area contributed by atoms with Gasteiger partial charge >= 0.3 is 0 Å². The van der Waals surface area contributed by atoms with Gasteiger partial charge in [0.1, 0.15) is 0 Å². The minimum atomic E-state index is 0.395. The van der Waals surface area contributed by atoms with Crippen molar-refractivity contribution in [1.82, 2.24) is 5.32 Å². The normalized spacial score (nSPS) is 20.6. The van der Waals surface area contributed by atoms with E-state index in [1.165, 1.54) is 30.4 Å². The molecule has 1 fully saturated rings. The van der Waals surface area contributed by atoms with E-state index in [1.54, 1.807) is 12.7 Å². The number of ether oxygens (including phenoxy) is 1. The zero-order valence-electron chi connectivity index (χ0n) is 12.5. The van der Waals surface area contributed by atoms with Gasteiger partial charge in [0.05, 0.1) is 0 Å². The van der Waals surface area contributed by atoms with Gasteiger partial charge in [-0.15, -0.1) is 0 Å². The molecule has 0 radical (unpaired) electrons. The number of allylic oxidation sites excluding steroid dienone is 2. The molecule has 2 nitrogen and oxygen atoms in total. The van der Waals surface area contributed by atoms with Gasteiger partial charge < -0.3 is 10.1 Å². The van der Waals surface area contributed by atoms with Crippen LogP contribution in [0.3, 0.4) is 0 Å². The third-order valence-corrected chi connectivity index (χ3v) is 4.94. The Hall–Kier alpha value is -1.12. The first kappa shape index (κ1) is 13.8. The molecular weight excluding hydrogens is 246 g/mol. The van der Waals surface area contributed by atoms with E-state index in [1.807, 2.05) is 0 Å². The summed E-state index contributed by atoms with van der Waals surface area (Å²) in [4.78, 5) is 0. The van der Waals surface area contributed by atoms with E-state index in [0.717, 1.165) is 32.5 Å². The third kappa shape index (κ3) is 2.55. The number of fused-ring (bicyclic) bond motifs is 2. The van der Waals surface area contributed by atoms with Crippen LogP contribution in [0.4, 0.5) is 0 Å². The summed E-state index contributed by atoms with van der Waals surface area (Å²) in [6.07, 6.45) is 8.51. The highest BCUT2D eigenvalue weighted by Gasteiger charge is 2.37. The van der Waals surface area contributed by atoms with Crippen molar-refractivity contribution < 1.29 is 4.74 Å². The van der Waals surface area contributed by atoms with Crippen LogP contribution in [0.2, 0.25) is 0 Å². The molecular formula is C18H25NO. The van der Waals surface area contributed by atoms with Gasteiger partial charge in [0.25, 0.3) is 0 Å². The fraction of sp³-hybridized carbons (Fsp3) is 0.556. The van der Waals surface area contributed by atoms with Crippen LogP contribution in [-0.2, 0) is 10.2 Å². The quantitative estimate of drug-likeness (QED) is 0.846. The van der Waals surface area contributed by atoms with Gasteiger partial charge in [0.2, 0.25) is 0 Å². The molecule has 1 heterocycles. The lowest BCUT2D eigenvalue weighted by Crippen LogP contribution is -2.41. The topological polar surface area (TPSA) is 21.3 Å². The van der Waals surface area contributed by atoms with E-state index in [2.05, 4.69) is 35.7 Å². The fourth-order valence-corrected chi connectivity index (χ4v) is 3.79. The molecule has 20 heavy (non-hydrogen) atoms. The third-order valence-electron chi connectivity index (χ3n) is 4.94. The zero-order chi connectivity index (χ0) is 13.8. The molecule has 1 aromatic rings. The molecule has 0 aromatic heterocycles. The number of nitrogens with one attached hydrogen (secondary N) is 1. The molecule has 1 aliphatic heterocycles. The first-order valence-electron chi connectivity index (χ1n) is 7.84. The van der Waals surface area contributed by atoms with Crippen molar-refractivity contribution in [2.75, 3.05) is 26.8 Å². The lowest BCUT2D eigenvalue weighted by atomic mass is 9.65. The zero-order valence-corrected chi connectivity index (χ0v) is 12.5. The largest absolute Gasteiger partial charge is 0.385 e. The van der Waals surface area contributed by atoms with Crippen LogP contribution in [0, 0.1) is 0 Å². The smallest absolute Gasteiger partial charge is 0.0465 e. The maximum Gasteiger partial charge on any atom is 0.0465 e. The summed E-state index contributed by atoms with van der Waals surface area (Å²) in [5.74, 6) is 0. The van der Waals surface area contributed by atoms with Gasteiger partial charge in [-0.05, 0) is 61.9 Å². The molecule has 0 atom stereocenters. The summed E-state index contributed by atoms with van der Waals surface area (Å²) in [5, 5.41) is 3.50. The van der Waals surface area contributed by atoms with E-state index in [9.17, 15) is 0 Å². The van der Waals surface area contributed by atoms with Crippen LogP contribution >= 0.6 is 0 Å². The molecule has 3 rings (SSSR count). The van der Waals surface area contributed by atoms with Crippen molar-refractivity contribution in [1.29, 1.82) is 0 Å². The Morgan fingerprint density at radius 1 is 1.20 bits per heavy atom. The van der Waals surface area contributed by atoms with E-state index in [-0.39, 0.29) is 0 Å². The Labute approximate surface area is 122 Å². The SMILES string of the molecule is COCCCC1=CCC2(CCNCC2)c2ccccc21. The van der Waals surface area contributed by atoms with Gasteiger partial charge in [-0.2, -0.15) is 0 Å². The first-order valence-corrected chi connectivity index (χ1v) is 7.84. The maximum atomic E-state index is 5.20. The lowest BCUT2D eigenvalue weighted by molar-refractivity contribution is 0.196. The summed E-state index contributed by atoms with van der Waals surface area (Å²) in [7, 11) is 1.78. The molecule has 1 aromatic carbocycles. The van der Waals surface area contributed by atoms with E-state index < -0.39 is 0 Å². The van der Waals surface area contributed by atoms with E-state index in [4.69, 9.17) is 4.74 Å². The molecule has 0 unspecified atom stereocenters. The second-order valence-electron chi connectivity index (χ2n) is 6.11. The minimum absolute atomic E-state index is 0.395. The van der Waals surface area contributed by atoms with Crippen LogP contribution in [0.5, 0.6) is 0 Å². The highest BCUT2D eigenvalue weighted by molar-refractivity contribution is 5.72. The number of hydrogen-bond donors (Lipinski definition) is 1. The van der Waals surface area contributed by atoms with Crippen molar-refractivity contribution >= 4 is 5.57 Å². The Kier molecular flexibility index (Phi) is 4.23. The van der Waals surface area contributed by atoms with Crippen LogP contribution in [0.15, 0.2) is 30.3 Å². The number of benzene rings is 1. The molecule has 1 aliphatic carbocycles. The number of methoxy groups -OCH3 is 1. The van der Waals surface area contributed by atoms with Gasteiger partial charge in [-0.1, -0.05) is 30.3 Å². The molecule has 1 saturated heterocycles. The summed E-state index contributed by atoms with van der Waals surface area (Å²) in [6.45, 7) is 3.16. The monoisotopic (exact) mass is 271 g/mol. The molecule has 108 valence electrons. The average Bonchev–Trinajstić information content (AvgIpc) is 2.51. The molecule has 0 amide bonds. The second kappa shape index (κ2) is 6.11. The molecule has 1 N–H and O–H groups in total. The summed E-state index contributed by atoms with van der Waals surface area (Å²) >= 11 is 0. The fourth-order valence-electron chi connectivity index (χ4n) is 3.79. The highest BCUT2D eigenvalue weighted by atomic mass is 16.5. The van der Waals surface area contributed by atoms with Gasteiger partial charge in [0.15, 0.2) is 0 Å². The Bertz CT molecular complexity index is 486. The lowest BCUT2D eigenvalue weighted by Gasteiger charge is -2.42. The van der Waals surface area contributed by atoms with Crippen LogP contribution in [-0.4, -0.2) is 26.8 Å². The number of piperidine rings is 1. The van der Waals surface area contributed by atoms with Crippen molar-refractivity contribution in [3.8, 4) is 0 Å². The predicted molar refractivity (Wildman–Crippen MR) is 83.9 cm³/mol. The predicted octanol–water partition coefficient (Wildman–Crippen LogP) is 3.52. The van der Waals surface area contributed by atoms with Crippen molar-refractivity contribution in [3.05, 3.63) is 41.5 Å². The summed E-state index contributed by atoms with van der Waals surface area (Å²) < 4.78 is 5.20. The van der Waals surface area contributed by atoms with Crippen molar-refractivity contribution in [3.63, 3.8) is 0 Å². The molecule has 0 bridgehead atoms. The Morgan fingerprint density at radius 2 is 2.00 bits per heavy atom. The van der Waals surface area contributed by atoms with E-state index in [0.29, 0.717) is 5.41 Å². The summed E-state index contributed by atoms with van der Waals surface area (Å²) in [6, 6.07) is 9.07. The van der Waals surface area contributed by atoms with Crippen molar-refractivity contribution in [2.45, 2.75) is 37.5 Å². The minimum Gasteiger partial charge on any atom is -0.385 e. The highest BCUT2D eigenvalue weighted by Crippen LogP contribution is 2.45. The van der Waals surface area contributed by atoms with Crippen LogP contribution in [0.1, 0.15) is 43.2 Å². The Morgan fingerprint density at radius 3 is 2.80 bits per heavy atom. The second-order valence-corrected chi connectivity index (χ2v) is 6.11. The number of hydrogen-bond acceptors (Lipinski definition) is 2. The standard InChI is InChI=1S/C18H25NO/c1-20-14-4-5-15-8-9-18(10-12-19-13-11-18)17-7-3-2-6-16(15)17/h2-3,6-8,19H,4-5,9-14H2,1H3. The molecule has 1 spiro atoms. The number of rotatable bonds is 4. The molecule has 0 saturated carbocycles. The average molecular weight is 271 g/mol. The maximum absolute atomic E-state index is 5.20. The Balaban J connectivity index is 1.88. The summed E-state index contributed by atoms with van der Waals surface area (Å²) in [5.41, 5.74) is 5.02. The van der Waals surface area contributed by atoms with Gasteiger partial charge in [0, 0.05) is 19.1 Å².